The van der Waals surface area contributed by atoms with E-state index in [4.69, 9.17) is 4.74 Å². The van der Waals surface area contributed by atoms with Gasteiger partial charge >= 0.3 is 0 Å². The molecule has 1 nitrogen and oxygen atoms in total. The monoisotopic (exact) mass is 186 g/mol. The van der Waals surface area contributed by atoms with E-state index in [0.717, 1.165) is 6.42 Å². The average Bonchev–Trinajstić information content (AvgIpc) is 1.84. The molecule has 0 saturated carbocycles. The van der Waals surface area contributed by atoms with E-state index in [1.807, 2.05) is 0 Å². The fourth-order valence-electron chi connectivity index (χ4n) is 0.780. The number of rotatable bonds is 4. The molecule has 0 unspecified atom stereocenters. The van der Waals surface area contributed by atoms with E-state index in [-0.39, 0.29) is 5.60 Å². The summed E-state index contributed by atoms with van der Waals surface area (Å²) in [6.45, 7) is 11.2. The van der Waals surface area contributed by atoms with Crippen molar-refractivity contribution in [1.82, 2.24) is 0 Å². The van der Waals surface area contributed by atoms with Gasteiger partial charge in [-0.1, -0.05) is 31.4 Å². The third-order valence-electron chi connectivity index (χ3n) is 1.78. The summed E-state index contributed by atoms with van der Waals surface area (Å²) in [5.41, 5.74) is 2.37. The highest BCUT2D eigenvalue weighted by Crippen LogP contribution is 2.14. The van der Waals surface area contributed by atoms with E-state index in [1.54, 1.807) is 7.11 Å². The van der Waals surface area contributed by atoms with Crippen molar-refractivity contribution in [3.05, 3.63) is 11.8 Å². The Morgan fingerprint density at radius 2 is 1.75 bits per heavy atom. The molecule has 0 saturated heterocycles. The third kappa shape index (κ3) is 6.62. The van der Waals surface area contributed by atoms with Crippen LogP contribution in [-0.4, -0.2) is 20.8 Å². The number of hydrogen-bond acceptors (Lipinski definition) is 1. The topological polar surface area (TPSA) is 9.23 Å². The first-order chi connectivity index (χ1) is 5.27. The Balaban J connectivity index is 3.91. The molecule has 0 aromatic rings. The second-order valence-corrected chi connectivity index (χ2v) is 10.0. The quantitative estimate of drug-likeness (QED) is 0.613. The molecule has 0 spiro atoms. The second kappa shape index (κ2) is 4.24. The molecule has 0 N–H and O–H groups in total. The van der Waals surface area contributed by atoms with Crippen molar-refractivity contribution in [2.24, 2.45) is 0 Å². The van der Waals surface area contributed by atoms with Gasteiger partial charge in [-0.05, 0) is 20.3 Å². The lowest BCUT2D eigenvalue weighted by Gasteiger charge is -2.21. The van der Waals surface area contributed by atoms with Crippen LogP contribution in [0.4, 0.5) is 0 Å². The first-order valence-electron chi connectivity index (χ1n) is 4.50. The molecule has 0 atom stereocenters. The van der Waals surface area contributed by atoms with E-state index in [0.29, 0.717) is 0 Å². The van der Waals surface area contributed by atoms with E-state index in [2.05, 4.69) is 45.3 Å². The lowest BCUT2D eigenvalue weighted by molar-refractivity contribution is 0.0255. The minimum Gasteiger partial charge on any atom is -0.378 e. The summed E-state index contributed by atoms with van der Waals surface area (Å²) in [5.74, 6) is 0. The highest BCUT2D eigenvalue weighted by Gasteiger charge is 2.14. The van der Waals surface area contributed by atoms with Gasteiger partial charge < -0.3 is 4.74 Å². The standard InChI is InChI=1S/C10H22OSi/c1-10(2,11-3)8-7-9-12(4,5)6/h7,9H,8H2,1-6H3. The van der Waals surface area contributed by atoms with E-state index >= 15 is 0 Å². The summed E-state index contributed by atoms with van der Waals surface area (Å²) < 4.78 is 5.32. The lowest BCUT2D eigenvalue weighted by Crippen LogP contribution is -2.22. The van der Waals surface area contributed by atoms with Crippen LogP contribution in [0.25, 0.3) is 0 Å². The third-order valence-corrected chi connectivity index (χ3v) is 3.02. The molecule has 0 aliphatic carbocycles. The van der Waals surface area contributed by atoms with Gasteiger partial charge in [-0.2, -0.15) is 0 Å². The smallest absolute Gasteiger partial charge is 0.0682 e. The summed E-state index contributed by atoms with van der Waals surface area (Å²) in [4.78, 5) is 0. The van der Waals surface area contributed by atoms with Crippen molar-refractivity contribution in [2.75, 3.05) is 7.11 Å². The molecular weight excluding hydrogens is 164 g/mol. The van der Waals surface area contributed by atoms with Gasteiger partial charge in [-0.25, -0.2) is 0 Å². The molecule has 2 heteroatoms. The number of hydrogen-bond donors (Lipinski definition) is 0. The van der Waals surface area contributed by atoms with Crippen LogP contribution in [0.1, 0.15) is 20.3 Å². The summed E-state index contributed by atoms with van der Waals surface area (Å²) >= 11 is 0. The van der Waals surface area contributed by atoms with Crippen LogP contribution < -0.4 is 0 Å². The molecular formula is C10H22OSi. The zero-order valence-corrected chi connectivity index (χ0v) is 10.3. The van der Waals surface area contributed by atoms with E-state index in [1.165, 1.54) is 0 Å². The lowest BCUT2D eigenvalue weighted by atomic mass is 10.1. The van der Waals surface area contributed by atoms with Gasteiger partial charge in [-0.3, -0.25) is 0 Å². The fraction of sp³-hybridized carbons (Fsp3) is 0.800. The Morgan fingerprint density at radius 3 is 2.08 bits per heavy atom. The molecule has 0 heterocycles. The minimum atomic E-state index is -1.01. The maximum atomic E-state index is 5.32. The van der Waals surface area contributed by atoms with Crippen molar-refractivity contribution in [3.63, 3.8) is 0 Å². The molecule has 0 bridgehead atoms. The summed E-state index contributed by atoms with van der Waals surface area (Å²) in [6.07, 6.45) is 3.27. The van der Waals surface area contributed by atoms with Gasteiger partial charge in [0.1, 0.15) is 0 Å². The van der Waals surface area contributed by atoms with Gasteiger partial charge in [0.25, 0.3) is 0 Å². The van der Waals surface area contributed by atoms with Crippen LogP contribution in [0, 0.1) is 0 Å². The summed E-state index contributed by atoms with van der Waals surface area (Å²) in [5, 5.41) is 0. The number of ether oxygens (including phenoxy) is 1. The Labute approximate surface area is 77.8 Å². The van der Waals surface area contributed by atoms with Crippen LogP contribution in [-0.2, 0) is 4.74 Å². The summed E-state index contributed by atoms with van der Waals surface area (Å²) in [7, 11) is 0.760. The molecule has 0 aromatic heterocycles. The molecule has 0 amide bonds. The molecule has 0 rings (SSSR count). The fourth-order valence-corrected chi connectivity index (χ4v) is 1.60. The predicted octanol–water partition coefficient (Wildman–Crippen LogP) is 3.24. The molecule has 0 aliphatic heterocycles. The average molecular weight is 186 g/mol. The Bertz CT molecular complexity index is 154. The number of methoxy groups -OCH3 is 1. The maximum absolute atomic E-state index is 5.32. The van der Waals surface area contributed by atoms with Crippen LogP contribution in [0.3, 0.4) is 0 Å². The van der Waals surface area contributed by atoms with Gasteiger partial charge in [0.2, 0.25) is 0 Å². The molecule has 12 heavy (non-hydrogen) atoms. The second-order valence-electron chi connectivity index (χ2n) is 4.94. The predicted molar refractivity (Wildman–Crippen MR) is 58.2 cm³/mol. The zero-order chi connectivity index (χ0) is 9.83. The van der Waals surface area contributed by atoms with Crippen molar-refractivity contribution >= 4 is 8.07 Å². The maximum Gasteiger partial charge on any atom is 0.0682 e. The van der Waals surface area contributed by atoms with Crippen molar-refractivity contribution in [1.29, 1.82) is 0 Å². The first-order valence-corrected chi connectivity index (χ1v) is 8.07. The van der Waals surface area contributed by atoms with Gasteiger partial charge in [-0.15, -0.1) is 0 Å². The molecule has 72 valence electrons. The molecule has 0 fully saturated rings. The van der Waals surface area contributed by atoms with Crippen molar-refractivity contribution in [2.45, 2.75) is 45.5 Å². The molecule has 0 radical (unpaired) electrons. The molecule has 0 aliphatic rings. The van der Waals surface area contributed by atoms with E-state index < -0.39 is 8.07 Å². The van der Waals surface area contributed by atoms with Gasteiger partial charge in [0.15, 0.2) is 0 Å². The largest absolute Gasteiger partial charge is 0.378 e. The molecule has 0 aromatic carbocycles. The van der Waals surface area contributed by atoms with Crippen molar-refractivity contribution < 1.29 is 4.74 Å². The van der Waals surface area contributed by atoms with Gasteiger partial charge in [0.05, 0.1) is 13.7 Å². The van der Waals surface area contributed by atoms with Gasteiger partial charge in [0, 0.05) is 7.11 Å². The van der Waals surface area contributed by atoms with Crippen LogP contribution in [0.15, 0.2) is 11.8 Å². The van der Waals surface area contributed by atoms with Crippen molar-refractivity contribution in [3.8, 4) is 0 Å². The Morgan fingerprint density at radius 1 is 1.25 bits per heavy atom. The first kappa shape index (κ1) is 11.9. The van der Waals surface area contributed by atoms with E-state index in [9.17, 15) is 0 Å². The normalized spacial score (nSPS) is 14.2. The highest BCUT2D eigenvalue weighted by atomic mass is 28.3. The SMILES string of the molecule is COC(C)(C)CC=C[Si](C)(C)C. The van der Waals surface area contributed by atoms with Crippen LogP contribution >= 0.6 is 0 Å². The Hall–Kier alpha value is -0.0831. The minimum absolute atomic E-state index is 0.00382. The zero-order valence-electron chi connectivity index (χ0n) is 9.27. The highest BCUT2D eigenvalue weighted by molar-refractivity contribution is 6.80. The Kier molecular flexibility index (Phi) is 4.21. The summed E-state index contributed by atoms with van der Waals surface area (Å²) in [6, 6.07) is 0. The van der Waals surface area contributed by atoms with Crippen LogP contribution in [0.2, 0.25) is 19.6 Å². The van der Waals surface area contributed by atoms with Crippen LogP contribution in [0.5, 0.6) is 0 Å².